The van der Waals surface area contributed by atoms with Crippen LogP contribution in [-0.2, 0) is 0 Å². The molecule has 5 heteroatoms. The van der Waals surface area contributed by atoms with E-state index in [0.29, 0.717) is 5.82 Å². The van der Waals surface area contributed by atoms with E-state index in [9.17, 15) is 0 Å². The summed E-state index contributed by atoms with van der Waals surface area (Å²) in [4.78, 5) is 19.5. The zero-order chi connectivity index (χ0) is 39.1. The molecule has 0 bridgehead atoms. The third kappa shape index (κ3) is 6.22. The number of hydrogen-bond donors (Lipinski definition) is 0. The highest BCUT2D eigenvalue weighted by atomic mass is 16.5. The molecule has 0 fully saturated rings. The molecule has 0 N–H and O–H groups in total. The van der Waals surface area contributed by atoms with Crippen LogP contribution in [0.5, 0.6) is 11.5 Å². The van der Waals surface area contributed by atoms with Crippen LogP contribution < -0.4 is 4.74 Å². The Balaban J connectivity index is 1.17. The fraction of sp³-hybridized carbons (Fsp3) is 0. The van der Waals surface area contributed by atoms with E-state index < -0.39 is 0 Å². The van der Waals surface area contributed by atoms with E-state index in [4.69, 9.17) is 19.7 Å². The van der Waals surface area contributed by atoms with E-state index in [0.717, 1.165) is 106 Å². The maximum absolute atomic E-state index is 7.20. The molecule has 0 spiro atoms. The molecule has 5 nitrogen and oxygen atoms in total. The summed E-state index contributed by atoms with van der Waals surface area (Å²) < 4.78 is 7.20. The van der Waals surface area contributed by atoms with Gasteiger partial charge in [-0.05, 0) is 87.3 Å². The molecular weight excluding hydrogens is 721 g/mol. The minimum absolute atomic E-state index is 0.638. The predicted octanol–water partition coefficient (Wildman–Crippen LogP) is 13.9. The monoisotopic (exact) mass is 754 g/mol. The number of hydrogen-bond acceptors (Lipinski definition) is 5. The molecule has 7 aromatic carbocycles. The Labute approximate surface area is 342 Å². The minimum atomic E-state index is 0.638. The first-order chi connectivity index (χ1) is 29.2. The van der Waals surface area contributed by atoms with Gasteiger partial charge in [0.2, 0.25) is 0 Å². The lowest BCUT2D eigenvalue weighted by Gasteiger charge is -2.19. The van der Waals surface area contributed by atoms with Crippen LogP contribution in [0.2, 0.25) is 0 Å². The summed E-state index contributed by atoms with van der Waals surface area (Å²) >= 11 is 0. The predicted molar refractivity (Wildman–Crippen MR) is 239 cm³/mol. The number of para-hydroxylation sites is 1. The molecule has 0 atom stereocenters. The molecule has 1 aliphatic heterocycles. The normalized spacial score (nSPS) is 11.5. The van der Waals surface area contributed by atoms with Crippen LogP contribution in [0.3, 0.4) is 0 Å². The third-order valence-corrected chi connectivity index (χ3v) is 11.1. The van der Waals surface area contributed by atoms with Gasteiger partial charge in [-0.25, -0.2) is 9.97 Å². The van der Waals surface area contributed by atoms with Crippen LogP contribution in [0.25, 0.3) is 100 Å². The van der Waals surface area contributed by atoms with E-state index in [1.54, 1.807) is 6.20 Å². The Morgan fingerprint density at radius 1 is 0.356 bits per heavy atom. The van der Waals surface area contributed by atoms with Crippen molar-refractivity contribution in [2.24, 2.45) is 0 Å². The fourth-order valence-corrected chi connectivity index (χ4v) is 8.21. The zero-order valence-electron chi connectivity index (χ0n) is 31.8. The summed E-state index contributed by atoms with van der Waals surface area (Å²) in [6.45, 7) is 0. The first-order valence-electron chi connectivity index (χ1n) is 19.7. The van der Waals surface area contributed by atoms with Crippen LogP contribution >= 0.6 is 0 Å². The van der Waals surface area contributed by atoms with Gasteiger partial charge in [0.1, 0.15) is 11.5 Å². The van der Waals surface area contributed by atoms with Crippen molar-refractivity contribution >= 4 is 10.8 Å². The van der Waals surface area contributed by atoms with Gasteiger partial charge in [0.25, 0.3) is 0 Å². The number of pyridine rings is 2. The van der Waals surface area contributed by atoms with Crippen molar-refractivity contribution in [2.75, 3.05) is 0 Å². The van der Waals surface area contributed by atoms with E-state index >= 15 is 0 Å². The van der Waals surface area contributed by atoms with E-state index in [-0.39, 0.29) is 0 Å². The number of benzene rings is 7. The van der Waals surface area contributed by atoms with E-state index in [2.05, 4.69) is 138 Å². The smallest absolute Gasteiger partial charge is 0.160 e. The average molecular weight is 755 g/mol. The number of rotatable bonds is 4. The zero-order valence-corrected chi connectivity index (χ0v) is 31.8. The Kier molecular flexibility index (Phi) is 8.41. The number of aromatic nitrogens is 4. The fourth-order valence-electron chi connectivity index (χ4n) is 8.21. The number of nitrogens with zero attached hydrogens (tertiary/aromatic N) is 4. The highest BCUT2D eigenvalue weighted by molar-refractivity contribution is 6.03. The maximum atomic E-state index is 7.20. The molecule has 0 amide bonds. The molecule has 3 aromatic heterocycles. The lowest BCUT2D eigenvalue weighted by Crippen LogP contribution is -1.98. The molecule has 4 heterocycles. The van der Waals surface area contributed by atoms with Gasteiger partial charge in [-0.3, -0.25) is 9.97 Å². The maximum Gasteiger partial charge on any atom is 0.160 e. The molecule has 276 valence electrons. The van der Waals surface area contributed by atoms with Crippen molar-refractivity contribution in [2.45, 2.75) is 0 Å². The second-order valence-corrected chi connectivity index (χ2v) is 14.6. The summed E-state index contributed by atoms with van der Waals surface area (Å²) in [5, 5.41) is 2.14. The molecular formula is C54H34N4O. The Hall–Kier alpha value is -8.02. The van der Waals surface area contributed by atoms with Gasteiger partial charge >= 0.3 is 0 Å². The summed E-state index contributed by atoms with van der Waals surface area (Å²) in [5.74, 6) is 2.24. The minimum Gasteiger partial charge on any atom is -0.455 e. The van der Waals surface area contributed by atoms with Gasteiger partial charge < -0.3 is 4.74 Å². The first-order valence-corrected chi connectivity index (χ1v) is 19.7. The average Bonchev–Trinajstić information content (AvgIpc) is 3.33. The summed E-state index contributed by atoms with van der Waals surface area (Å²) in [5.41, 5.74) is 14.9. The van der Waals surface area contributed by atoms with Crippen molar-refractivity contribution in [3.05, 3.63) is 207 Å². The summed E-state index contributed by atoms with van der Waals surface area (Å²) in [7, 11) is 0. The van der Waals surface area contributed by atoms with Gasteiger partial charge in [-0.1, -0.05) is 140 Å². The molecule has 59 heavy (non-hydrogen) atoms. The van der Waals surface area contributed by atoms with Crippen LogP contribution in [0, 0.1) is 0 Å². The van der Waals surface area contributed by atoms with Crippen molar-refractivity contribution in [1.29, 1.82) is 0 Å². The topological polar surface area (TPSA) is 60.8 Å². The van der Waals surface area contributed by atoms with Crippen LogP contribution in [0.15, 0.2) is 207 Å². The summed E-state index contributed by atoms with van der Waals surface area (Å²) in [6, 6.07) is 65.5. The lowest BCUT2D eigenvalue weighted by molar-refractivity contribution is 0.492. The van der Waals surface area contributed by atoms with Gasteiger partial charge in [0.15, 0.2) is 5.82 Å². The third-order valence-electron chi connectivity index (χ3n) is 11.1. The molecule has 0 saturated heterocycles. The van der Waals surface area contributed by atoms with Crippen molar-refractivity contribution in [1.82, 2.24) is 19.9 Å². The molecule has 0 radical (unpaired) electrons. The molecule has 1 aliphatic rings. The molecule has 11 rings (SSSR count). The Morgan fingerprint density at radius 2 is 0.949 bits per heavy atom. The largest absolute Gasteiger partial charge is 0.455 e. The van der Waals surface area contributed by atoms with Crippen molar-refractivity contribution in [3.63, 3.8) is 0 Å². The highest BCUT2D eigenvalue weighted by Gasteiger charge is 2.23. The highest BCUT2D eigenvalue weighted by Crippen LogP contribution is 2.50. The second kappa shape index (κ2) is 14.5. The molecule has 0 unspecified atom stereocenters. The van der Waals surface area contributed by atoms with E-state index in [1.165, 1.54) is 0 Å². The summed E-state index contributed by atoms with van der Waals surface area (Å²) in [6.07, 6.45) is 5.47. The quantitative estimate of drug-likeness (QED) is 0.179. The van der Waals surface area contributed by atoms with Gasteiger partial charge in [0, 0.05) is 57.4 Å². The van der Waals surface area contributed by atoms with Crippen molar-refractivity contribution in [3.8, 4) is 101 Å². The SMILES string of the molecule is c1ccc(-c2nc(-c3ccc(-c4cccnc4)nc3)cc(-c3ccc4c(c3)-c3ccc5ccccc5c3Oc3ccccc3-c3ccccc3-c3ccccc3-4)n2)cc1. The molecule has 10 aromatic rings. The van der Waals surface area contributed by atoms with Crippen LogP contribution in [-0.4, -0.2) is 19.9 Å². The van der Waals surface area contributed by atoms with Gasteiger partial charge in [-0.15, -0.1) is 0 Å². The number of ether oxygens (including phenoxy) is 1. The molecule has 0 aliphatic carbocycles. The van der Waals surface area contributed by atoms with E-state index in [1.807, 2.05) is 67.0 Å². The first kappa shape index (κ1) is 34.2. The standard InChI is InChI=1S/C54H34N4O/c1-2-14-36(15-3-1)54-57-50(32-51(58-54)39-26-29-49(56-34-39)38-16-12-30-55-33-38)37-25-27-45-43-20-7-6-18-41(43)42-19-8-9-21-44(42)46-22-10-11-23-52(46)59-53-40-17-5-4-13-35(40)24-28-47(53)48(45)31-37/h1-34H. The second-order valence-electron chi connectivity index (χ2n) is 14.6. The van der Waals surface area contributed by atoms with Crippen LogP contribution in [0.4, 0.5) is 0 Å². The van der Waals surface area contributed by atoms with Crippen LogP contribution in [0.1, 0.15) is 0 Å². The number of fused-ring (bicyclic) bond motifs is 11. The van der Waals surface area contributed by atoms with Gasteiger partial charge in [0.05, 0.1) is 17.1 Å². The Morgan fingerprint density at radius 3 is 1.68 bits per heavy atom. The van der Waals surface area contributed by atoms with Crippen molar-refractivity contribution < 1.29 is 4.74 Å². The lowest BCUT2D eigenvalue weighted by atomic mass is 9.85. The molecule has 0 saturated carbocycles. The van der Waals surface area contributed by atoms with Gasteiger partial charge in [-0.2, -0.15) is 0 Å². The Bertz CT molecular complexity index is 3180.